The minimum atomic E-state index is -0.972. The Labute approximate surface area is 369 Å². The van der Waals surface area contributed by atoms with Gasteiger partial charge in [0.25, 0.3) is 0 Å². The highest BCUT2D eigenvalue weighted by atomic mass is 16.4. The van der Waals surface area contributed by atoms with E-state index >= 15 is 0 Å². The van der Waals surface area contributed by atoms with Crippen LogP contribution in [-0.4, -0.2) is 188 Å². The Morgan fingerprint density at radius 1 is 0.508 bits per heavy atom. The van der Waals surface area contributed by atoms with Crippen LogP contribution in [0, 0.1) is 6.92 Å². The molecule has 338 valence electrons. The quantitative estimate of drug-likeness (QED) is 0.0867. The summed E-state index contributed by atoms with van der Waals surface area (Å²) in [5.74, 6) is -2.31. The molecule has 1 saturated heterocycles. The molecule has 5 rings (SSSR count). The normalized spacial score (nSPS) is 15.1. The SMILES string of the molecule is Cc1ccc(CN(CCNC(=O)CN2CCN(CC(=O)O)CCN(CC(=O)NCCN(Cc3ccccn3)Cc3ccccn3)CCN(CC(=O)O)CC2)Cc2ccccn2)nc1. The van der Waals surface area contributed by atoms with Gasteiger partial charge in [-0.1, -0.05) is 24.3 Å². The van der Waals surface area contributed by atoms with Crippen molar-refractivity contribution in [1.29, 1.82) is 0 Å². The molecule has 2 amide bonds. The Morgan fingerprint density at radius 2 is 0.857 bits per heavy atom. The van der Waals surface area contributed by atoms with Crippen LogP contribution in [0.1, 0.15) is 28.3 Å². The molecule has 4 aromatic rings. The van der Waals surface area contributed by atoms with Crippen molar-refractivity contribution in [2.75, 3.05) is 105 Å². The molecule has 63 heavy (non-hydrogen) atoms. The van der Waals surface area contributed by atoms with Gasteiger partial charge in [-0.15, -0.1) is 0 Å². The number of rotatable bonds is 22. The van der Waals surface area contributed by atoms with E-state index in [9.17, 15) is 29.4 Å². The topological polar surface area (TPSA) is 204 Å². The molecule has 1 aliphatic heterocycles. The first-order valence-corrected chi connectivity index (χ1v) is 21.5. The lowest BCUT2D eigenvalue weighted by molar-refractivity contribution is -0.139. The molecule has 4 N–H and O–H groups in total. The van der Waals surface area contributed by atoms with Gasteiger partial charge in [-0.2, -0.15) is 0 Å². The van der Waals surface area contributed by atoms with Gasteiger partial charge < -0.3 is 20.8 Å². The first-order chi connectivity index (χ1) is 30.6. The highest BCUT2D eigenvalue weighted by Gasteiger charge is 2.22. The summed E-state index contributed by atoms with van der Waals surface area (Å²) >= 11 is 0. The summed E-state index contributed by atoms with van der Waals surface area (Å²) in [6.45, 7) is 8.96. The smallest absolute Gasteiger partial charge is 0.317 e. The van der Waals surface area contributed by atoms with Crippen molar-refractivity contribution < 1.29 is 29.4 Å². The van der Waals surface area contributed by atoms with Crippen LogP contribution in [0.5, 0.6) is 0 Å². The Bertz CT molecular complexity index is 1890. The third-order valence-corrected chi connectivity index (χ3v) is 10.6. The number of aryl methyl sites for hydroxylation is 1. The van der Waals surface area contributed by atoms with E-state index in [2.05, 4.69) is 40.4 Å². The van der Waals surface area contributed by atoms with Crippen LogP contribution in [0.2, 0.25) is 0 Å². The number of carboxylic acids is 2. The average molecular weight is 867 g/mol. The molecule has 0 unspecified atom stereocenters. The largest absolute Gasteiger partial charge is 0.480 e. The van der Waals surface area contributed by atoms with E-state index in [-0.39, 0.29) is 38.0 Å². The van der Waals surface area contributed by atoms with E-state index in [1.807, 2.05) is 99.5 Å². The summed E-state index contributed by atoms with van der Waals surface area (Å²) in [6, 6.07) is 21.4. The van der Waals surface area contributed by atoms with E-state index in [1.54, 1.807) is 18.6 Å². The molecule has 0 bridgehead atoms. The summed E-state index contributed by atoms with van der Waals surface area (Å²) in [4.78, 5) is 80.5. The van der Waals surface area contributed by atoms with Gasteiger partial charge in [-0.3, -0.25) is 68.5 Å². The van der Waals surface area contributed by atoms with Crippen LogP contribution in [0.15, 0.2) is 91.5 Å². The lowest BCUT2D eigenvalue weighted by atomic mass is 10.2. The number of aromatic nitrogens is 4. The van der Waals surface area contributed by atoms with Gasteiger partial charge in [0.2, 0.25) is 11.8 Å². The number of hydrogen-bond donors (Lipinski definition) is 4. The van der Waals surface area contributed by atoms with Gasteiger partial charge in [0.05, 0.1) is 49.0 Å². The maximum Gasteiger partial charge on any atom is 0.317 e. The molecule has 0 radical (unpaired) electrons. The van der Waals surface area contributed by atoms with Crippen molar-refractivity contribution in [2.24, 2.45) is 0 Å². The number of nitrogens with zero attached hydrogens (tertiary/aromatic N) is 10. The van der Waals surface area contributed by atoms with Crippen molar-refractivity contribution in [1.82, 2.24) is 60.0 Å². The van der Waals surface area contributed by atoms with Crippen molar-refractivity contribution in [2.45, 2.75) is 33.1 Å². The molecule has 1 fully saturated rings. The number of amides is 2. The molecule has 0 aromatic carbocycles. The summed E-state index contributed by atoms with van der Waals surface area (Å²) in [7, 11) is 0. The fourth-order valence-corrected chi connectivity index (χ4v) is 7.23. The monoisotopic (exact) mass is 866 g/mol. The Balaban J connectivity index is 1.15. The van der Waals surface area contributed by atoms with Gasteiger partial charge in [-0.25, -0.2) is 0 Å². The number of carboxylic acid groups (broad SMARTS) is 2. The highest BCUT2D eigenvalue weighted by molar-refractivity contribution is 5.78. The highest BCUT2D eigenvalue weighted by Crippen LogP contribution is 2.09. The molecular weight excluding hydrogens is 805 g/mol. The molecule has 0 saturated carbocycles. The van der Waals surface area contributed by atoms with Gasteiger partial charge in [0.15, 0.2) is 0 Å². The Hall–Kier alpha value is -5.76. The second-order valence-corrected chi connectivity index (χ2v) is 15.8. The van der Waals surface area contributed by atoms with Crippen molar-refractivity contribution in [3.05, 3.63) is 120 Å². The molecule has 18 heteroatoms. The van der Waals surface area contributed by atoms with Crippen molar-refractivity contribution in [3.63, 3.8) is 0 Å². The zero-order chi connectivity index (χ0) is 44.7. The summed E-state index contributed by atoms with van der Waals surface area (Å²) in [5, 5.41) is 25.7. The second-order valence-electron chi connectivity index (χ2n) is 15.8. The van der Waals surface area contributed by atoms with E-state index in [1.165, 1.54) is 0 Å². The fraction of sp³-hybridized carbons (Fsp3) is 0.467. The zero-order valence-electron chi connectivity index (χ0n) is 36.3. The van der Waals surface area contributed by atoms with Crippen LogP contribution < -0.4 is 10.6 Å². The minimum absolute atomic E-state index is 0.0645. The number of hydrogen-bond acceptors (Lipinski definition) is 14. The molecule has 18 nitrogen and oxygen atoms in total. The molecule has 0 atom stereocenters. The fourth-order valence-electron chi connectivity index (χ4n) is 7.23. The van der Waals surface area contributed by atoms with E-state index < -0.39 is 11.9 Å². The molecule has 5 heterocycles. The van der Waals surface area contributed by atoms with Gasteiger partial charge in [0, 0.05) is 130 Å². The minimum Gasteiger partial charge on any atom is -0.480 e. The van der Waals surface area contributed by atoms with Gasteiger partial charge in [0.1, 0.15) is 0 Å². The number of carbonyl (C=O) groups excluding carboxylic acids is 2. The molecule has 0 aliphatic carbocycles. The van der Waals surface area contributed by atoms with Crippen LogP contribution in [0.25, 0.3) is 0 Å². The van der Waals surface area contributed by atoms with Gasteiger partial charge in [-0.05, 0) is 55.0 Å². The Kier molecular flexibility index (Phi) is 20.4. The zero-order valence-corrected chi connectivity index (χ0v) is 36.3. The first-order valence-electron chi connectivity index (χ1n) is 21.5. The molecule has 1 aliphatic rings. The summed E-state index contributed by atoms with van der Waals surface area (Å²) < 4.78 is 0. The van der Waals surface area contributed by atoms with Crippen LogP contribution in [0.3, 0.4) is 0 Å². The predicted octanol–water partition coefficient (Wildman–Crippen LogP) is 0.903. The molecule has 0 spiro atoms. The molecular formula is C45H62N12O6. The number of aliphatic carboxylic acids is 2. The van der Waals surface area contributed by atoms with Gasteiger partial charge >= 0.3 is 11.9 Å². The second kappa shape index (κ2) is 26.7. The summed E-state index contributed by atoms with van der Waals surface area (Å²) in [5.41, 5.74) is 4.71. The van der Waals surface area contributed by atoms with Crippen LogP contribution in [-0.2, 0) is 45.4 Å². The third-order valence-electron chi connectivity index (χ3n) is 10.6. The molecule has 4 aromatic heterocycles. The standard InChI is InChI=1S/C45H62N12O6/c1-37-11-12-41(51-28-37)32-57(31-40-10-4-7-15-48-40)19-17-50-43(59)34-53-22-26-54(35-44(60)61)24-20-52(21-25-55(27-23-53)36-45(62)63)33-42(58)49-16-18-56(29-38-8-2-5-13-46-38)30-39-9-3-6-14-47-39/h2-15,28H,16-27,29-36H2,1H3,(H,49,58)(H,50,59)(H,60,61)(H,62,63). The number of nitrogens with one attached hydrogen (secondary N) is 2. The lowest BCUT2D eigenvalue weighted by Gasteiger charge is -2.33. The van der Waals surface area contributed by atoms with E-state index in [0.717, 1.165) is 28.3 Å². The van der Waals surface area contributed by atoms with E-state index in [4.69, 9.17) is 0 Å². The van der Waals surface area contributed by atoms with Crippen LogP contribution >= 0.6 is 0 Å². The lowest BCUT2D eigenvalue weighted by Crippen LogP contribution is -2.50. The Morgan fingerprint density at radius 3 is 1.16 bits per heavy atom. The van der Waals surface area contributed by atoms with Crippen molar-refractivity contribution in [3.8, 4) is 0 Å². The third kappa shape index (κ3) is 19.4. The predicted molar refractivity (Wildman–Crippen MR) is 237 cm³/mol. The van der Waals surface area contributed by atoms with Crippen molar-refractivity contribution >= 4 is 23.8 Å². The average Bonchev–Trinajstić information content (AvgIpc) is 3.26. The number of carbonyl (C=O) groups is 4. The number of pyridine rings is 4. The maximum atomic E-state index is 13.4. The maximum absolute atomic E-state index is 13.4. The first kappa shape index (κ1) is 48.3. The van der Waals surface area contributed by atoms with E-state index in [0.29, 0.717) is 105 Å². The van der Waals surface area contributed by atoms with Crippen LogP contribution in [0.4, 0.5) is 0 Å². The summed E-state index contributed by atoms with van der Waals surface area (Å²) in [6.07, 6.45) is 7.11.